The number of benzene rings is 1. The summed E-state index contributed by atoms with van der Waals surface area (Å²) in [6.45, 7) is 6.04. The number of hydrogen-bond acceptors (Lipinski definition) is 8. The van der Waals surface area contributed by atoms with Crippen LogP contribution in [0.15, 0.2) is 16.5 Å². The third-order valence-corrected chi connectivity index (χ3v) is 6.58. The molecule has 0 N–H and O–H groups in total. The number of ketones is 1. The quantitative estimate of drug-likeness (QED) is 0.478. The minimum Gasteiger partial charge on any atom is -0.493 e. The molecule has 1 aromatic carbocycles. The Kier molecular flexibility index (Phi) is 8.17. The number of carbonyl (C=O) groups excluding carboxylic acids is 2. The molecule has 9 nitrogen and oxygen atoms in total. The lowest BCUT2D eigenvalue weighted by Gasteiger charge is -2.34. The molecule has 1 aromatic heterocycles. The molecule has 0 bridgehead atoms. The highest BCUT2D eigenvalue weighted by Crippen LogP contribution is 2.38. The molecule has 1 unspecified atom stereocenters. The van der Waals surface area contributed by atoms with E-state index >= 15 is 0 Å². The van der Waals surface area contributed by atoms with Gasteiger partial charge in [-0.3, -0.25) is 9.59 Å². The predicted octanol–water partition coefficient (Wildman–Crippen LogP) is 3.94. The fraction of sp³-hybridized carbons (Fsp3) is 0.600. The Morgan fingerprint density at radius 3 is 2.32 bits per heavy atom. The van der Waals surface area contributed by atoms with Gasteiger partial charge in [-0.15, -0.1) is 10.2 Å². The first-order valence-corrected chi connectivity index (χ1v) is 11.7. The molecule has 1 atom stereocenters. The summed E-state index contributed by atoms with van der Waals surface area (Å²) in [5.41, 5.74) is 0.274. The van der Waals surface area contributed by atoms with Gasteiger partial charge in [-0.25, -0.2) is 0 Å². The molecule has 34 heavy (non-hydrogen) atoms. The summed E-state index contributed by atoms with van der Waals surface area (Å²) in [6, 6.07) is 3.41. The summed E-state index contributed by atoms with van der Waals surface area (Å²) >= 11 is 0. The largest absolute Gasteiger partial charge is 0.493 e. The maximum absolute atomic E-state index is 13.0. The van der Waals surface area contributed by atoms with Crippen LogP contribution >= 0.6 is 0 Å². The van der Waals surface area contributed by atoms with Crippen LogP contribution in [-0.4, -0.2) is 54.7 Å². The smallest absolute Gasteiger partial charge is 0.291 e. The fourth-order valence-electron chi connectivity index (χ4n) is 4.05. The van der Waals surface area contributed by atoms with Crippen molar-refractivity contribution in [1.29, 1.82) is 0 Å². The van der Waals surface area contributed by atoms with Crippen LogP contribution in [-0.2, 0) is 22.4 Å². The van der Waals surface area contributed by atoms with Crippen molar-refractivity contribution in [3.63, 3.8) is 0 Å². The van der Waals surface area contributed by atoms with Crippen molar-refractivity contribution in [2.24, 2.45) is 5.41 Å². The van der Waals surface area contributed by atoms with Gasteiger partial charge >= 0.3 is 0 Å². The highest BCUT2D eigenvalue weighted by molar-refractivity contribution is 6.38. The van der Waals surface area contributed by atoms with Crippen LogP contribution in [0.2, 0.25) is 0 Å². The van der Waals surface area contributed by atoms with Gasteiger partial charge in [-0.2, -0.15) is 0 Å². The molecular weight excluding hydrogens is 438 g/mol. The van der Waals surface area contributed by atoms with Crippen molar-refractivity contribution in [1.82, 2.24) is 15.1 Å². The highest BCUT2D eigenvalue weighted by Gasteiger charge is 2.39. The molecule has 3 rings (SSSR count). The van der Waals surface area contributed by atoms with E-state index in [0.717, 1.165) is 18.4 Å². The topological polar surface area (TPSA) is 104 Å². The highest BCUT2D eigenvalue weighted by atomic mass is 16.5. The van der Waals surface area contributed by atoms with E-state index in [1.165, 1.54) is 0 Å². The number of hydrogen-bond donors (Lipinski definition) is 0. The lowest BCUT2D eigenvalue weighted by molar-refractivity contribution is -0.152. The number of aryl methyl sites for hydroxylation is 2. The minimum absolute atomic E-state index is 0.371. The Balaban J connectivity index is 1.74. The Morgan fingerprint density at radius 2 is 1.74 bits per heavy atom. The summed E-state index contributed by atoms with van der Waals surface area (Å²) in [7, 11) is 4.72. The van der Waals surface area contributed by atoms with Crippen molar-refractivity contribution in [2.45, 2.75) is 65.3 Å². The molecule has 9 heteroatoms. The number of piperidine rings is 1. The number of carbonyl (C=O) groups is 2. The van der Waals surface area contributed by atoms with Crippen LogP contribution in [0.4, 0.5) is 0 Å². The van der Waals surface area contributed by atoms with Crippen molar-refractivity contribution in [3.8, 4) is 17.2 Å². The van der Waals surface area contributed by atoms with E-state index < -0.39 is 11.3 Å². The average molecular weight is 474 g/mol. The summed E-state index contributed by atoms with van der Waals surface area (Å²) in [4.78, 5) is 27.4. The number of aromatic nitrogens is 2. The first-order valence-electron chi connectivity index (χ1n) is 11.7. The Morgan fingerprint density at radius 1 is 1.06 bits per heavy atom. The van der Waals surface area contributed by atoms with Crippen LogP contribution < -0.4 is 14.2 Å². The van der Waals surface area contributed by atoms with Crippen LogP contribution in [0.5, 0.6) is 17.2 Å². The number of likely N-dealkylation sites (tertiary alicyclic amines) is 1. The van der Waals surface area contributed by atoms with Gasteiger partial charge in [0.2, 0.25) is 23.3 Å². The van der Waals surface area contributed by atoms with Crippen LogP contribution in [0.1, 0.15) is 69.8 Å². The molecular formula is C25H35N3O6. The molecule has 0 saturated carbocycles. The predicted molar refractivity (Wildman–Crippen MR) is 125 cm³/mol. The first kappa shape index (κ1) is 25.5. The second-order valence-corrected chi connectivity index (χ2v) is 9.14. The first-order chi connectivity index (χ1) is 16.2. The van der Waals surface area contributed by atoms with Crippen molar-refractivity contribution < 1.29 is 28.2 Å². The molecule has 1 saturated heterocycles. The van der Waals surface area contributed by atoms with Crippen molar-refractivity contribution in [3.05, 3.63) is 29.5 Å². The van der Waals surface area contributed by atoms with Gasteiger partial charge in [0.25, 0.3) is 5.91 Å². The Bertz CT molecular complexity index is 991. The normalized spacial score (nSPS) is 16.3. The molecule has 186 valence electrons. The van der Waals surface area contributed by atoms with Crippen LogP contribution in [0.3, 0.4) is 0 Å². The lowest BCUT2D eigenvalue weighted by Crippen LogP contribution is -2.46. The van der Waals surface area contributed by atoms with Crippen molar-refractivity contribution >= 4 is 11.7 Å². The molecule has 1 aliphatic heterocycles. The molecule has 0 radical (unpaired) electrons. The number of methoxy groups -OCH3 is 3. The SMILES string of the molecule is CCC(C)(C)C(=O)C(=O)N1CCCCC1c1nnc(CCc2cc(OC)c(OC)c(OC)c2)o1. The summed E-state index contributed by atoms with van der Waals surface area (Å²) in [5.74, 6) is 1.73. The van der Waals surface area contributed by atoms with E-state index in [9.17, 15) is 9.59 Å². The van der Waals surface area contributed by atoms with Gasteiger partial charge in [-0.05, 0) is 49.8 Å². The van der Waals surface area contributed by atoms with E-state index in [1.807, 2.05) is 19.1 Å². The number of Topliss-reactive ketones (excluding diaryl/α,β-unsaturated/α-hetero) is 1. The summed E-state index contributed by atoms with van der Waals surface area (Å²) in [6.07, 6.45) is 4.21. The molecule has 0 spiro atoms. The van der Waals surface area contributed by atoms with E-state index in [-0.39, 0.29) is 11.8 Å². The number of nitrogens with zero attached hydrogens (tertiary/aromatic N) is 3. The van der Waals surface area contributed by atoms with E-state index in [0.29, 0.717) is 61.3 Å². The molecule has 2 heterocycles. The van der Waals surface area contributed by atoms with Gasteiger partial charge in [0, 0.05) is 18.4 Å². The zero-order valence-corrected chi connectivity index (χ0v) is 21.0. The van der Waals surface area contributed by atoms with E-state index in [1.54, 1.807) is 40.1 Å². The zero-order chi connectivity index (χ0) is 24.9. The third kappa shape index (κ3) is 5.34. The Hall–Kier alpha value is -3.10. The van der Waals surface area contributed by atoms with Crippen LogP contribution in [0.25, 0.3) is 0 Å². The third-order valence-electron chi connectivity index (χ3n) is 6.58. The fourth-order valence-corrected chi connectivity index (χ4v) is 4.05. The van der Waals surface area contributed by atoms with Gasteiger partial charge in [-0.1, -0.05) is 20.8 Å². The molecule has 1 aliphatic rings. The summed E-state index contributed by atoms with van der Waals surface area (Å²) < 4.78 is 22.2. The average Bonchev–Trinajstić information content (AvgIpc) is 3.34. The monoisotopic (exact) mass is 473 g/mol. The van der Waals surface area contributed by atoms with Gasteiger partial charge < -0.3 is 23.5 Å². The zero-order valence-electron chi connectivity index (χ0n) is 21.0. The van der Waals surface area contributed by atoms with Gasteiger partial charge in [0.1, 0.15) is 6.04 Å². The van der Waals surface area contributed by atoms with Crippen LogP contribution in [0, 0.1) is 5.41 Å². The standard InChI is InChI=1S/C25H35N3O6/c1-7-25(2,3)22(29)24(30)28-13-9-8-10-17(28)23-27-26-20(34-23)12-11-16-14-18(31-4)21(33-6)19(15-16)32-5/h14-15,17H,7-13H2,1-6H3. The second kappa shape index (κ2) is 10.9. The van der Waals surface area contributed by atoms with Gasteiger partial charge in [0.05, 0.1) is 21.3 Å². The molecule has 0 aliphatic carbocycles. The van der Waals surface area contributed by atoms with E-state index in [2.05, 4.69) is 10.2 Å². The lowest BCUT2D eigenvalue weighted by atomic mass is 9.84. The Labute approximate surface area is 200 Å². The summed E-state index contributed by atoms with van der Waals surface area (Å²) in [5, 5.41) is 8.43. The number of amides is 1. The molecule has 1 amide bonds. The van der Waals surface area contributed by atoms with Gasteiger partial charge in [0.15, 0.2) is 11.5 Å². The van der Waals surface area contributed by atoms with Crippen molar-refractivity contribution in [2.75, 3.05) is 27.9 Å². The minimum atomic E-state index is -0.695. The maximum atomic E-state index is 13.0. The number of rotatable bonds is 10. The second-order valence-electron chi connectivity index (χ2n) is 9.14. The molecule has 2 aromatic rings. The number of ether oxygens (including phenoxy) is 3. The maximum Gasteiger partial charge on any atom is 0.291 e. The van der Waals surface area contributed by atoms with E-state index in [4.69, 9.17) is 18.6 Å². The molecule has 1 fully saturated rings.